The smallest absolute Gasteiger partial charge is 0.306 e. The Morgan fingerprint density at radius 2 is 0.667 bits per heavy atom. The second kappa shape index (κ2) is 44.0. The maximum atomic E-state index is 12.7. The molecule has 2 atom stereocenters. The Kier molecular flexibility index (Phi) is 42.7. The molecule has 338 valence electrons. The summed E-state index contributed by atoms with van der Waals surface area (Å²) < 4.78 is 16.8. The molecule has 0 aromatic rings. The number of ether oxygens (including phenoxy) is 3. The number of carbonyl (C=O) groups is 3. The van der Waals surface area contributed by atoms with Crippen LogP contribution in [0.2, 0.25) is 0 Å². The second-order valence-electron chi connectivity index (χ2n) is 18.2. The van der Waals surface area contributed by atoms with Crippen molar-refractivity contribution >= 4 is 17.9 Å². The Morgan fingerprint density at radius 1 is 0.368 bits per heavy atom. The van der Waals surface area contributed by atoms with Crippen LogP contribution in [0.5, 0.6) is 0 Å². The Balaban J connectivity index is 4.25. The van der Waals surface area contributed by atoms with Gasteiger partial charge in [0.15, 0.2) is 6.10 Å². The quantitative estimate of drug-likeness (QED) is 0.0346. The van der Waals surface area contributed by atoms with Gasteiger partial charge in [0.25, 0.3) is 0 Å². The van der Waals surface area contributed by atoms with E-state index in [2.05, 4.69) is 34.6 Å². The van der Waals surface area contributed by atoms with Gasteiger partial charge >= 0.3 is 17.9 Å². The number of hydrogen-bond donors (Lipinski definition) is 0. The zero-order chi connectivity index (χ0) is 41.9. The van der Waals surface area contributed by atoms with E-state index in [-0.39, 0.29) is 31.1 Å². The Hall–Kier alpha value is -1.59. The molecule has 0 aliphatic rings. The lowest BCUT2D eigenvalue weighted by atomic mass is 9.99. The average molecular weight is 807 g/mol. The molecule has 0 aliphatic carbocycles. The molecule has 0 saturated heterocycles. The molecule has 1 unspecified atom stereocenters. The fourth-order valence-electron chi connectivity index (χ4n) is 7.60. The van der Waals surface area contributed by atoms with Crippen LogP contribution >= 0.6 is 0 Å². The number of carbonyl (C=O) groups excluding carboxylic acids is 3. The molecular formula is C51H98O6. The SMILES string of the molecule is CCCCCCCCCCCCC(=O)OC[C@H](COC(=O)CCCCCCCCCCCCCCCCC(C)CC)OC(=O)CCCCCCCCCCC(C)C. The lowest BCUT2D eigenvalue weighted by molar-refractivity contribution is -0.167. The monoisotopic (exact) mass is 807 g/mol. The van der Waals surface area contributed by atoms with Crippen LogP contribution in [-0.2, 0) is 28.6 Å². The minimum atomic E-state index is -0.761. The van der Waals surface area contributed by atoms with E-state index in [0.29, 0.717) is 19.3 Å². The second-order valence-corrected chi connectivity index (χ2v) is 18.2. The Labute approximate surface area is 355 Å². The molecule has 0 heterocycles. The number of esters is 3. The van der Waals surface area contributed by atoms with Crippen LogP contribution < -0.4 is 0 Å². The van der Waals surface area contributed by atoms with Gasteiger partial charge in [-0.05, 0) is 31.1 Å². The summed E-state index contributed by atoms with van der Waals surface area (Å²) in [4.78, 5) is 37.8. The summed E-state index contributed by atoms with van der Waals surface area (Å²) in [5, 5.41) is 0. The van der Waals surface area contributed by atoms with Crippen LogP contribution in [0, 0.1) is 11.8 Å². The maximum Gasteiger partial charge on any atom is 0.306 e. The average Bonchev–Trinajstić information content (AvgIpc) is 3.19. The number of rotatable bonds is 45. The van der Waals surface area contributed by atoms with E-state index in [9.17, 15) is 14.4 Å². The van der Waals surface area contributed by atoms with E-state index in [1.54, 1.807) is 0 Å². The molecule has 0 bridgehead atoms. The standard InChI is InChI=1S/C51H98O6/c1-6-8-9-10-11-12-20-26-31-36-41-49(52)55-44-48(57-51(54)43-38-33-28-23-22-24-29-34-39-46(3)4)45-56-50(53)42-37-32-27-21-18-16-14-13-15-17-19-25-30-35-40-47(5)7-2/h46-48H,6-45H2,1-5H3/t47?,48-/m1/s1. The fourth-order valence-corrected chi connectivity index (χ4v) is 7.60. The third-order valence-corrected chi connectivity index (χ3v) is 11.8. The lowest BCUT2D eigenvalue weighted by Crippen LogP contribution is -2.30. The minimum Gasteiger partial charge on any atom is -0.462 e. The molecule has 6 heteroatoms. The van der Waals surface area contributed by atoms with E-state index in [1.807, 2.05) is 0 Å². The van der Waals surface area contributed by atoms with Crippen molar-refractivity contribution in [3.63, 3.8) is 0 Å². The highest BCUT2D eigenvalue weighted by molar-refractivity contribution is 5.71. The molecule has 57 heavy (non-hydrogen) atoms. The van der Waals surface area contributed by atoms with Crippen LogP contribution in [0.25, 0.3) is 0 Å². The van der Waals surface area contributed by atoms with E-state index >= 15 is 0 Å². The van der Waals surface area contributed by atoms with Gasteiger partial charge in [0.2, 0.25) is 0 Å². The van der Waals surface area contributed by atoms with Gasteiger partial charge in [0.1, 0.15) is 13.2 Å². The van der Waals surface area contributed by atoms with Gasteiger partial charge < -0.3 is 14.2 Å². The summed E-state index contributed by atoms with van der Waals surface area (Å²) >= 11 is 0. The summed E-state index contributed by atoms with van der Waals surface area (Å²) in [7, 11) is 0. The van der Waals surface area contributed by atoms with Gasteiger partial charge in [-0.25, -0.2) is 0 Å². The molecule has 0 aromatic carbocycles. The van der Waals surface area contributed by atoms with E-state index in [0.717, 1.165) is 69.6 Å². The van der Waals surface area contributed by atoms with Gasteiger partial charge in [0, 0.05) is 19.3 Å². The Bertz CT molecular complexity index is 872. The first kappa shape index (κ1) is 55.4. The molecular weight excluding hydrogens is 709 g/mol. The predicted molar refractivity (Wildman–Crippen MR) is 243 cm³/mol. The first-order valence-electron chi connectivity index (χ1n) is 25.3. The predicted octanol–water partition coefficient (Wildman–Crippen LogP) is 16.1. The molecule has 0 N–H and O–H groups in total. The lowest BCUT2D eigenvalue weighted by Gasteiger charge is -2.18. The van der Waals surface area contributed by atoms with Gasteiger partial charge in [-0.3, -0.25) is 14.4 Å². The van der Waals surface area contributed by atoms with Crippen molar-refractivity contribution in [1.82, 2.24) is 0 Å². The van der Waals surface area contributed by atoms with Crippen LogP contribution in [0.15, 0.2) is 0 Å². The normalized spacial score (nSPS) is 12.5. The summed E-state index contributed by atoms with van der Waals surface area (Å²) in [5.41, 5.74) is 0. The maximum absolute atomic E-state index is 12.7. The van der Waals surface area contributed by atoms with Gasteiger partial charge in [-0.15, -0.1) is 0 Å². The molecule has 6 nitrogen and oxygen atoms in total. The van der Waals surface area contributed by atoms with Crippen LogP contribution in [0.1, 0.15) is 279 Å². The first-order valence-corrected chi connectivity index (χ1v) is 25.3. The number of hydrogen-bond acceptors (Lipinski definition) is 6. The number of unbranched alkanes of at least 4 members (excludes halogenated alkanes) is 29. The highest BCUT2D eigenvalue weighted by Gasteiger charge is 2.19. The summed E-state index contributed by atoms with van der Waals surface area (Å²) in [6.45, 7) is 11.4. The summed E-state index contributed by atoms with van der Waals surface area (Å²) in [6, 6.07) is 0. The third-order valence-electron chi connectivity index (χ3n) is 11.8. The molecule has 0 radical (unpaired) electrons. The van der Waals surface area contributed by atoms with E-state index < -0.39 is 6.10 Å². The fraction of sp³-hybridized carbons (Fsp3) is 0.941. The van der Waals surface area contributed by atoms with Crippen molar-refractivity contribution < 1.29 is 28.6 Å². The largest absolute Gasteiger partial charge is 0.462 e. The summed E-state index contributed by atoms with van der Waals surface area (Å²) in [6.07, 6.45) is 43.7. The minimum absolute atomic E-state index is 0.0643. The highest BCUT2D eigenvalue weighted by Crippen LogP contribution is 2.18. The third kappa shape index (κ3) is 43.8. The molecule has 0 aromatic heterocycles. The van der Waals surface area contributed by atoms with Crippen molar-refractivity contribution in [2.24, 2.45) is 11.8 Å². The molecule has 0 saturated carbocycles. The van der Waals surface area contributed by atoms with E-state index in [1.165, 1.54) is 167 Å². The van der Waals surface area contributed by atoms with Crippen LogP contribution in [0.4, 0.5) is 0 Å². The van der Waals surface area contributed by atoms with Gasteiger partial charge in [-0.2, -0.15) is 0 Å². The van der Waals surface area contributed by atoms with Crippen molar-refractivity contribution in [1.29, 1.82) is 0 Å². The summed E-state index contributed by atoms with van der Waals surface area (Å²) in [5.74, 6) is 0.836. The van der Waals surface area contributed by atoms with Crippen LogP contribution in [-0.4, -0.2) is 37.2 Å². The molecule has 0 spiro atoms. The topological polar surface area (TPSA) is 78.9 Å². The van der Waals surface area contributed by atoms with Crippen LogP contribution in [0.3, 0.4) is 0 Å². The van der Waals surface area contributed by atoms with Crippen molar-refractivity contribution in [3.8, 4) is 0 Å². The molecule has 0 aliphatic heterocycles. The van der Waals surface area contributed by atoms with E-state index in [4.69, 9.17) is 14.2 Å². The highest BCUT2D eigenvalue weighted by atomic mass is 16.6. The molecule has 0 fully saturated rings. The van der Waals surface area contributed by atoms with Crippen molar-refractivity contribution in [2.75, 3.05) is 13.2 Å². The zero-order valence-electron chi connectivity index (χ0n) is 39.0. The van der Waals surface area contributed by atoms with Crippen molar-refractivity contribution in [2.45, 2.75) is 285 Å². The van der Waals surface area contributed by atoms with Gasteiger partial charge in [-0.1, -0.05) is 240 Å². The zero-order valence-corrected chi connectivity index (χ0v) is 39.0. The molecule has 0 amide bonds. The molecule has 0 rings (SSSR count). The van der Waals surface area contributed by atoms with Gasteiger partial charge in [0.05, 0.1) is 0 Å². The van der Waals surface area contributed by atoms with Crippen molar-refractivity contribution in [3.05, 3.63) is 0 Å². The Morgan fingerprint density at radius 3 is 1.00 bits per heavy atom. The first-order chi connectivity index (χ1) is 27.8.